The molecule has 4 rings (SSSR count). The molecule has 3 aliphatic rings. The molecule has 1 aromatic rings. The molecule has 0 aromatic heterocycles. The zero-order chi connectivity index (χ0) is 33.4. The number of carbonyl (C=O) groups is 3. The number of hydrogen-bond acceptors (Lipinski definition) is 10. The summed E-state index contributed by atoms with van der Waals surface area (Å²) in [5, 5.41) is 46.2. The van der Waals surface area contributed by atoms with E-state index in [4.69, 9.17) is 5.73 Å². The molecule has 0 saturated carbocycles. The topological polar surface area (TPSA) is 168 Å². The molecular weight excluding hydrogens is 576 g/mol. The van der Waals surface area contributed by atoms with Crippen LogP contribution in [0, 0.1) is 11.8 Å². The van der Waals surface area contributed by atoms with Crippen molar-refractivity contribution < 1.29 is 34.8 Å². The number of carbonyl (C=O) groups excluding carboxylic acids is 3. The van der Waals surface area contributed by atoms with E-state index in [1.165, 1.54) is 0 Å². The third kappa shape index (κ3) is 5.97. The van der Waals surface area contributed by atoms with Crippen molar-refractivity contribution in [1.82, 2.24) is 9.80 Å². The summed E-state index contributed by atoms with van der Waals surface area (Å²) in [5.41, 5.74) is 3.88. The van der Waals surface area contributed by atoms with Gasteiger partial charge in [-0.2, -0.15) is 0 Å². The van der Waals surface area contributed by atoms with Crippen LogP contribution < -0.4 is 10.6 Å². The van der Waals surface area contributed by atoms with Gasteiger partial charge in [0, 0.05) is 43.4 Å². The second kappa shape index (κ2) is 13.5. The number of phenols is 1. The number of phenolic OH excluding ortho intramolecular Hbond substituents is 1. The Morgan fingerprint density at radius 2 is 1.60 bits per heavy atom. The van der Waals surface area contributed by atoms with Crippen LogP contribution in [0.3, 0.4) is 0 Å². The number of hydrogen-bond donors (Lipinski definition) is 5. The number of aliphatic hydroxyl groups is 3. The fourth-order valence-corrected chi connectivity index (χ4v) is 7.55. The predicted molar refractivity (Wildman–Crippen MR) is 172 cm³/mol. The summed E-state index contributed by atoms with van der Waals surface area (Å²) in [6, 6.07) is 0.911. The van der Waals surface area contributed by atoms with Crippen LogP contribution in [0.5, 0.6) is 5.75 Å². The van der Waals surface area contributed by atoms with Gasteiger partial charge in [0.15, 0.2) is 11.4 Å². The number of nitrogens with zero attached hydrogens (tertiary/aromatic N) is 3. The average Bonchev–Trinajstić information content (AvgIpc) is 2.95. The quantitative estimate of drug-likeness (QED) is 0.162. The second-order valence-electron chi connectivity index (χ2n) is 13.3. The number of aliphatic hydroxyl groups excluding tert-OH is 2. The van der Waals surface area contributed by atoms with Crippen LogP contribution in [0.2, 0.25) is 0 Å². The minimum absolute atomic E-state index is 0.0547. The first-order valence-electron chi connectivity index (χ1n) is 16.1. The molecule has 0 fully saturated rings. The van der Waals surface area contributed by atoms with Crippen molar-refractivity contribution in [3.05, 3.63) is 45.4 Å². The number of allylic oxidation sites excluding steroid dienone is 1. The van der Waals surface area contributed by atoms with E-state index >= 15 is 0 Å². The smallest absolute Gasteiger partial charge is 0.255 e. The molecule has 0 heterocycles. The summed E-state index contributed by atoms with van der Waals surface area (Å²) >= 11 is 0. The molecule has 0 unspecified atom stereocenters. The largest absolute Gasteiger partial charge is 0.510 e. The van der Waals surface area contributed by atoms with Crippen LogP contribution in [0.25, 0.3) is 0 Å². The zero-order valence-corrected chi connectivity index (χ0v) is 27.5. The number of ketones is 2. The Morgan fingerprint density at radius 1 is 1.00 bits per heavy atom. The minimum atomic E-state index is -2.66. The summed E-state index contributed by atoms with van der Waals surface area (Å²) in [6.45, 7) is 6.47. The van der Waals surface area contributed by atoms with Crippen molar-refractivity contribution in [2.24, 2.45) is 17.6 Å². The summed E-state index contributed by atoms with van der Waals surface area (Å²) < 4.78 is 0. The van der Waals surface area contributed by atoms with Gasteiger partial charge in [-0.25, -0.2) is 0 Å². The number of amides is 1. The Labute approximate surface area is 266 Å². The van der Waals surface area contributed by atoms with Gasteiger partial charge in [-0.15, -0.1) is 0 Å². The number of anilines is 1. The molecule has 45 heavy (non-hydrogen) atoms. The maximum absolute atomic E-state index is 14.3. The normalized spacial score (nSPS) is 24.7. The van der Waals surface area contributed by atoms with Crippen molar-refractivity contribution in [3.63, 3.8) is 0 Å². The summed E-state index contributed by atoms with van der Waals surface area (Å²) in [5.74, 6) is -6.40. The number of likely N-dealkylation sites (N-methyl/N-ethyl adjacent to an activating group) is 1. The second-order valence-corrected chi connectivity index (χ2v) is 13.3. The van der Waals surface area contributed by atoms with E-state index in [0.717, 1.165) is 57.3 Å². The Morgan fingerprint density at radius 3 is 2.11 bits per heavy atom. The first-order chi connectivity index (χ1) is 21.2. The van der Waals surface area contributed by atoms with Crippen LogP contribution in [-0.2, 0) is 22.6 Å². The van der Waals surface area contributed by atoms with E-state index in [-0.39, 0.29) is 29.7 Å². The lowest BCUT2D eigenvalue weighted by Crippen LogP contribution is -2.63. The summed E-state index contributed by atoms with van der Waals surface area (Å²) in [7, 11) is 6.98. The highest BCUT2D eigenvalue weighted by Crippen LogP contribution is 2.53. The highest BCUT2D eigenvalue weighted by Gasteiger charge is 2.63. The number of primary amides is 1. The van der Waals surface area contributed by atoms with Gasteiger partial charge in [-0.05, 0) is 70.4 Å². The van der Waals surface area contributed by atoms with Gasteiger partial charge in [0.25, 0.3) is 5.91 Å². The molecule has 1 aromatic carbocycles. The molecule has 0 bridgehead atoms. The Hall–Kier alpha value is -3.41. The number of fused-ring (bicyclic) bond motifs is 3. The molecule has 0 aliphatic heterocycles. The maximum atomic E-state index is 14.3. The number of unbranched alkanes of at least 4 members (excludes halogenated alkanes) is 4. The Kier molecular flexibility index (Phi) is 10.4. The van der Waals surface area contributed by atoms with Crippen LogP contribution in [-0.4, -0.2) is 101 Å². The number of aromatic hydroxyl groups is 1. The van der Waals surface area contributed by atoms with Crippen molar-refractivity contribution in [1.29, 1.82) is 0 Å². The van der Waals surface area contributed by atoms with Crippen molar-refractivity contribution >= 4 is 23.2 Å². The molecule has 11 heteroatoms. The summed E-state index contributed by atoms with van der Waals surface area (Å²) in [6.07, 6.45) is 6.73. The molecule has 3 aliphatic carbocycles. The van der Waals surface area contributed by atoms with Crippen LogP contribution in [0.4, 0.5) is 5.69 Å². The summed E-state index contributed by atoms with van der Waals surface area (Å²) in [4.78, 5) is 45.9. The third-order valence-electron chi connectivity index (χ3n) is 9.81. The minimum Gasteiger partial charge on any atom is -0.510 e. The van der Waals surface area contributed by atoms with Gasteiger partial charge in [0.05, 0.1) is 11.6 Å². The Balaban J connectivity index is 1.84. The first-order valence-corrected chi connectivity index (χ1v) is 16.1. The molecule has 0 radical (unpaired) electrons. The third-order valence-corrected chi connectivity index (χ3v) is 9.81. The van der Waals surface area contributed by atoms with Crippen molar-refractivity contribution in [2.45, 2.75) is 83.4 Å². The zero-order valence-electron chi connectivity index (χ0n) is 27.5. The van der Waals surface area contributed by atoms with Gasteiger partial charge >= 0.3 is 0 Å². The molecule has 11 nitrogen and oxygen atoms in total. The Bertz CT molecular complexity index is 1410. The SMILES string of the molecule is CCCCCN(CCCCC)Cc1cc(N(C)C)c2c(c1O)C(=O)C1=C(O)[C@@]3(O)C(=O)C(C(N)=O)=C(O)[C@H](N(C)C)[C@H]3C[C@@H]1C2. The average molecular weight is 627 g/mol. The lowest BCUT2D eigenvalue weighted by molar-refractivity contribution is -0.148. The van der Waals surface area contributed by atoms with Crippen LogP contribution in [0.15, 0.2) is 28.7 Å². The van der Waals surface area contributed by atoms with Gasteiger partial charge in [0.2, 0.25) is 5.78 Å². The maximum Gasteiger partial charge on any atom is 0.255 e. The van der Waals surface area contributed by atoms with Gasteiger partial charge in [-0.3, -0.25) is 24.2 Å². The monoisotopic (exact) mass is 626 g/mol. The van der Waals surface area contributed by atoms with E-state index in [1.807, 2.05) is 25.1 Å². The van der Waals surface area contributed by atoms with E-state index < -0.39 is 58.0 Å². The van der Waals surface area contributed by atoms with E-state index in [1.54, 1.807) is 19.0 Å². The fraction of sp³-hybridized carbons (Fsp3) is 0.618. The van der Waals surface area contributed by atoms with E-state index in [0.29, 0.717) is 17.7 Å². The van der Waals surface area contributed by atoms with E-state index in [2.05, 4.69) is 18.7 Å². The van der Waals surface area contributed by atoms with Crippen molar-refractivity contribution in [3.8, 4) is 5.75 Å². The van der Waals surface area contributed by atoms with Crippen LogP contribution >= 0.6 is 0 Å². The highest BCUT2D eigenvalue weighted by molar-refractivity contribution is 6.25. The number of benzene rings is 1. The van der Waals surface area contributed by atoms with Gasteiger partial charge in [0.1, 0.15) is 22.8 Å². The van der Waals surface area contributed by atoms with Crippen molar-refractivity contribution in [2.75, 3.05) is 46.2 Å². The van der Waals surface area contributed by atoms with Crippen LogP contribution in [0.1, 0.15) is 80.3 Å². The molecule has 0 spiro atoms. The molecular formula is C34H50N4O7. The van der Waals surface area contributed by atoms with Gasteiger partial charge in [-0.1, -0.05) is 39.5 Å². The molecule has 6 N–H and O–H groups in total. The predicted octanol–water partition coefficient (Wildman–Crippen LogP) is 3.37. The molecule has 0 saturated heterocycles. The van der Waals surface area contributed by atoms with Gasteiger partial charge < -0.3 is 31.1 Å². The van der Waals surface area contributed by atoms with E-state index in [9.17, 15) is 34.8 Å². The lowest BCUT2D eigenvalue weighted by atomic mass is 9.58. The number of Topliss-reactive ketones (excluding diaryl/α,β-unsaturated/α-hetero) is 2. The lowest BCUT2D eigenvalue weighted by Gasteiger charge is -2.50. The number of nitrogens with two attached hydrogens (primary N) is 1. The first kappa shape index (κ1) is 34.5. The highest BCUT2D eigenvalue weighted by atomic mass is 16.3. The fourth-order valence-electron chi connectivity index (χ4n) is 7.55. The number of rotatable bonds is 13. The molecule has 248 valence electrons. The standard InChI is InChI=1S/C34H50N4O7/c1-7-9-11-13-38(14-12-10-8-2)18-20-17-23(36(3)4)21-15-19-16-22-27(37(5)6)30(41)26(33(35)44)32(43)34(22,45)31(42)24(19)29(40)25(21)28(20)39/h17,19,22,27,39,41-42,45H,7-16,18H2,1-6H3,(H2,35,44)/t19-,22+,27+,34+/m0/s1. The molecule has 1 amide bonds. The molecule has 4 atom stereocenters.